The first-order chi connectivity index (χ1) is 9.56. The Morgan fingerprint density at radius 3 is 2.30 bits per heavy atom. The number of rotatable bonds is 4. The van der Waals surface area contributed by atoms with Crippen molar-refractivity contribution >= 4 is 5.91 Å². The molecule has 2 aliphatic rings. The molecule has 0 radical (unpaired) electrons. The van der Waals surface area contributed by atoms with Gasteiger partial charge in [-0.15, -0.1) is 0 Å². The van der Waals surface area contributed by atoms with Crippen LogP contribution in [0.5, 0.6) is 0 Å². The summed E-state index contributed by atoms with van der Waals surface area (Å²) < 4.78 is 0. The molecule has 2 N–H and O–H groups in total. The standard InChI is InChI=1S/C17H32N2O/c1-14-6-8-15(9-7-14)19(2)16(20)12-17(13-18)10-4-3-5-11-17/h14-15H,3-13,18H2,1-2H3. The lowest BCUT2D eigenvalue weighted by Crippen LogP contribution is -2.44. The van der Waals surface area contributed by atoms with Crippen LogP contribution in [0.4, 0.5) is 0 Å². The Kier molecular flexibility index (Phi) is 5.48. The molecule has 116 valence electrons. The topological polar surface area (TPSA) is 46.3 Å². The predicted octanol–water partition coefficient (Wildman–Crippen LogP) is 3.32. The van der Waals surface area contributed by atoms with Gasteiger partial charge in [-0.2, -0.15) is 0 Å². The third kappa shape index (κ3) is 3.75. The summed E-state index contributed by atoms with van der Waals surface area (Å²) in [5.74, 6) is 1.17. The van der Waals surface area contributed by atoms with Crippen molar-refractivity contribution in [2.45, 2.75) is 77.2 Å². The van der Waals surface area contributed by atoms with Crippen molar-refractivity contribution in [3.8, 4) is 0 Å². The molecule has 0 aliphatic heterocycles. The van der Waals surface area contributed by atoms with E-state index in [9.17, 15) is 4.79 Å². The van der Waals surface area contributed by atoms with Gasteiger partial charge >= 0.3 is 0 Å². The monoisotopic (exact) mass is 280 g/mol. The Balaban J connectivity index is 1.89. The molecule has 0 aromatic heterocycles. The van der Waals surface area contributed by atoms with Crippen LogP contribution in [0.25, 0.3) is 0 Å². The molecule has 2 saturated carbocycles. The molecule has 0 aromatic rings. The maximum absolute atomic E-state index is 12.6. The number of carbonyl (C=O) groups is 1. The highest BCUT2D eigenvalue weighted by atomic mass is 16.2. The van der Waals surface area contributed by atoms with Crippen LogP contribution in [0.15, 0.2) is 0 Å². The van der Waals surface area contributed by atoms with Gasteiger partial charge in [0.2, 0.25) is 5.91 Å². The van der Waals surface area contributed by atoms with Crippen molar-refractivity contribution in [1.29, 1.82) is 0 Å². The van der Waals surface area contributed by atoms with E-state index in [-0.39, 0.29) is 5.41 Å². The van der Waals surface area contributed by atoms with E-state index in [1.807, 2.05) is 11.9 Å². The second-order valence-electron chi connectivity index (χ2n) is 7.36. The van der Waals surface area contributed by atoms with E-state index >= 15 is 0 Å². The minimum Gasteiger partial charge on any atom is -0.343 e. The number of hydrogen-bond donors (Lipinski definition) is 1. The van der Waals surface area contributed by atoms with Gasteiger partial charge in [0.05, 0.1) is 0 Å². The van der Waals surface area contributed by atoms with E-state index in [1.165, 1.54) is 44.9 Å². The Labute approximate surface area is 124 Å². The highest BCUT2D eigenvalue weighted by Crippen LogP contribution is 2.39. The smallest absolute Gasteiger partial charge is 0.223 e. The summed E-state index contributed by atoms with van der Waals surface area (Å²) in [5, 5.41) is 0. The molecule has 0 bridgehead atoms. The first-order valence-electron chi connectivity index (χ1n) is 8.52. The van der Waals surface area contributed by atoms with Gasteiger partial charge in [0.15, 0.2) is 0 Å². The fourth-order valence-corrected chi connectivity index (χ4v) is 4.03. The third-order valence-electron chi connectivity index (χ3n) is 5.80. The normalized spacial score (nSPS) is 29.9. The van der Waals surface area contributed by atoms with E-state index in [2.05, 4.69) is 6.92 Å². The molecule has 2 fully saturated rings. The zero-order valence-electron chi connectivity index (χ0n) is 13.4. The molecule has 0 spiro atoms. The second-order valence-corrected chi connectivity index (χ2v) is 7.36. The van der Waals surface area contributed by atoms with Crippen LogP contribution in [0, 0.1) is 11.3 Å². The van der Waals surface area contributed by atoms with Crippen LogP contribution >= 0.6 is 0 Å². The third-order valence-corrected chi connectivity index (χ3v) is 5.80. The summed E-state index contributed by atoms with van der Waals surface area (Å²) in [6, 6.07) is 0.470. The molecule has 2 aliphatic carbocycles. The molecule has 3 nitrogen and oxygen atoms in total. The van der Waals surface area contributed by atoms with Gasteiger partial charge in [-0.1, -0.05) is 26.2 Å². The maximum atomic E-state index is 12.6. The van der Waals surface area contributed by atoms with Gasteiger partial charge in [-0.25, -0.2) is 0 Å². The van der Waals surface area contributed by atoms with Crippen LogP contribution in [0.3, 0.4) is 0 Å². The fraction of sp³-hybridized carbons (Fsp3) is 0.941. The van der Waals surface area contributed by atoms with Crippen LogP contribution in [0.2, 0.25) is 0 Å². The van der Waals surface area contributed by atoms with Crippen molar-refractivity contribution < 1.29 is 4.79 Å². The summed E-state index contributed by atoms with van der Waals surface area (Å²) in [6.07, 6.45) is 11.7. The molecule has 0 aromatic carbocycles. The average Bonchev–Trinajstić information content (AvgIpc) is 2.48. The van der Waals surface area contributed by atoms with Crippen molar-refractivity contribution in [1.82, 2.24) is 4.90 Å². The average molecular weight is 280 g/mol. The molecule has 0 saturated heterocycles. The summed E-state index contributed by atoms with van der Waals surface area (Å²) >= 11 is 0. The van der Waals surface area contributed by atoms with Crippen molar-refractivity contribution in [2.24, 2.45) is 17.1 Å². The number of amides is 1. The number of hydrogen-bond acceptors (Lipinski definition) is 2. The molecule has 3 heteroatoms. The first-order valence-corrected chi connectivity index (χ1v) is 8.52. The molecule has 0 atom stereocenters. The molecular formula is C17H32N2O. The molecule has 2 rings (SSSR count). The minimum atomic E-state index is 0.103. The van der Waals surface area contributed by atoms with E-state index < -0.39 is 0 Å². The van der Waals surface area contributed by atoms with Gasteiger partial charge in [0.25, 0.3) is 0 Å². The zero-order chi connectivity index (χ0) is 14.6. The summed E-state index contributed by atoms with van der Waals surface area (Å²) in [7, 11) is 2.01. The van der Waals surface area contributed by atoms with E-state index in [0.29, 0.717) is 24.9 Å². The fourth-order valence-electron chi connectivity index (χ4n) is 4.03. The van der Waals surface area contributed by atoms with Gasteiger partial charge in [0.1, 0.15) is 0 Å². The van der Waals surface area contributed by atoms with E-state index in [0.717, 1.165) is 18.8 Å². The van der Waals surface area contributed by atoms with Crippen LogP contribution in [0.1, 0.15) is 71.1 Å². The van der Waals surface area contributed by atoms with Gasteiger partial charge < -0.3 is 10.6 Å². The molecule has 1 amide bonds. The largest absolute Gasteiger partial charge is 0.343 e. The van der Waals surface area contributed by atoms with Crippen LogP contribution in [-0.4, -0.2) is 30.4 Å². The molecular weight excluding hydrogens is 248 g/mol. The number of nitrogens with two attached hydrogens (primary N) is 1. The van der Waals surface area contributed by atoms with Crippen LogP contribution < -0.4 is 5.73 Å². The van der Waals surface area contributed by atoms with Crippen molar-refractivity contribution in [2.75, 3.05) is 13.6 Å². The highest BCUT2D eigenvalue weighted by molar-refractivity contribution is 5.77. The van der Waals surface area contributed by atoms with Gasteiger partial charge in [-0.05, 0) is 56.4 Å². The van der Waals surface area contributed by atoms with E-state index in [4.69, 9.17) is 5.73 Å². The van der Waals surface area contributed by atoms with Crippen molar-refractivity contribution in [3.63, 3.8) is 0 Å². The first kappa shape index (κ1) is 15.8. The quantitative estimate of drug-likeness (QED) is 0.858. The highest BCUT2D eigenvalue weighted by Gasteiger charge is 2.35. The molecule has 0 unspecified atom stereocenters. The molecule has 0 heterocycles. The lowest BCUT2D eigenvalue weighted by atomic mass is 9.71. The maximum Gasteiger partial charge on any atom is 0.223 e. The van der Waals surface area contributed by atoms with E-state index in [1.54, 1.807) is 0 Å². The number of nitrogens with zero attached hydrogens (tertiary/aromatic N) is 1. The Hall–Kier alpha value is -0.570. The SMILES string of the molecule is CC1CCC(N(C)C(=O)CC2(CN)CCCCC2)CC1. The lowest BCUT2D eigenvalue weighted by Gasteiger charge is -2.39. The lowest BCUT2D eigenvalue weighted by molar-refractivity contribution is -0.135. The van der Waals surface area contributed by atoms with Gasteiger partial charge in [-0.3, -0.25) is 4.79 Å². The Bertz CT molecular complexity index is 315. The predicted molar refractivity (Wildman–Crippen MR) is 83.4 cm³/mol. The summed E-state index contributed by atoms with van der Waals surface area (Å²) in [5.41, 5.74) is 6.12. The Morgan fingerprint density at radius 1 is 1.15 bits per heavy atom. The minimum absolute atomic E-state index is 0.103. The Morgan fingerprint density at radius 2 is 1.75 bits per heavy atom. The second kappa shape index (κ2) is 6.93. The summed E-state index contributed by atoms with van der Waals surface area (Å²) in [4.78, 5) is 14.7. The van der Waals surface area contributed by atoms with Gasteiger partial charge in [0, 0.05) is 19.5 Å². The van der Waals surface area contributed by atoms with Crippen molar-refractivity contribution in [3.05, 3.63) is 0 Å². The summed E-state index contributed by atoms with van der Waals surface area (Å²) in [6.45, 7) is 3.00. The molecule has 20 heavy (non-hydrogen) atoms. The zero-order valence-corrected chi connectivity index (χ0v) is 13.4. The van der Waals surface area contributed by atoms with Crippen LogP contribution in [-0.2, 0) is 4.79 Å². The number of carbonyl (C=O) groups excluding carboxylic acids is 1.